The Kier molecular flexibility index (Phi) is 3.14. The fourth-order valence-electron chi connectivity index (χ4n) is 2.75. The van der Waals surface area contributed by atoms with Crippen LogP contribution in [0.3, 0.4) is 0 Å². The zero-order chi connectivity index (χ0) is 14.5. The van der Waals surface area contributed by atoms with Gasteiger partial charge in [-0.25, -0.2) is 0 Å². The molecule has 1 aliphatic carbocycles. The van der Waals surface area contributed by atoms with Crippen molar-refractivity contribution in [2.45, 2.75) is 26.7 Å². The summed E-state index contributed by atoms with van der Waals surface area (Å²) < 4.78 is 0. The maximum atomic E-state index is 12.4. The van der Waals surface area contributed by atoms with Gasteiger partial charge < -0.3 is 0 Å². The average Bonchev–Trinajstić information content (AvgIpc) is 2.71. The minimum atomic E-state index is -0.0301. The van der Waals surface area contributed by atoms with Crippen molar-refractivity contribution < 1.29 is 4.79 Å². The number of nitrogens with one attached hydrogen (secondary N) is 1. The molecule has 0 saturated heterocycles. The maximum Gasteiger partial charge on any atom is 0.167 e. The number of benzene rings is 1. The summed E-state index contributed by atoms with van der Waals surface area (Å²) in [4.78, 5) is 12.4. The maximum absolute atomic E-state index is 12.4. The summed E-state index contributed by atoms with van der Waals surface area (Å²) >= 11 is 12.1. The zero-order valence-corrected chi connectivity index (χ0v) is 12.8. The number of carbonyl (C=O) groups is 1. The number of aromatic amines is 1. The standard InChI is InChI=1S/C15H14Cl2N2O/c1-15(2)6-11-13(12(20)7-15)14(19-18-11)9-4-3-8(16)5-10(9)17/h3-5H,6-7H2,1-2H3,(H,18,19). The molecule has 5 heteroatoms. The predicted octanol–water partition coefficient (Wildman–Crippen LogP) is 4.54. The highest BCUT2D eigenvalue weighted by Gasteiger charge is 2.35. The van der Waals surface area contributed by atoms with Crippen LogP contribution in [0.2, 0.25) is 10.0 Å². The van der Waals surface area contributed by atoms with E-state index < -0.39 is 0 Å². The van der Waals surface area contributed by atoms with Crippen LogP contribution in [0.4, 0.5) is 0 Å². The molecule has 0 unspecified atom stereocenters. The lowest BCUT2D eigenvalue weighted by Crippen LogP contribution is -2.26. The quantitative estimate of drug-likeness (QED) is 0.840. The highest BCUT2D eigenvalue weighted by atomic mass is 35.5. The molecule has 2 aromatic rings. The Bertz CT molecular complexity index is 704. The summed E-state index contributed by atoms with van der Waals surface area (Å²) in [6, 6.07) is 5.21. The number of rotatable bonds is 1. The van der Waals surface area contributed by atoms with Gasteiger partial charge in [-0.1, -0.05) is 37.0 Å². The van der Waals surface area contributed by atoms with E-state index in [1.807, 2.05) is 0 Å². The lowest BCUT2D eigenvalue weighted by molar-refractivity contribution is 0.0912. The molecular weight excluding hydrogens is 295 g/mol. The van der Waals surface area contributed by atoms with Crippen LogP contribution in [0.15, 0.2) is 18.2 Å². The first-order valence-corrected chi connectivity index (χ1v) is 7.19. The molecular formula is C15H14Cl2N2O. The van der Waals surface area contributed by atoms with Crippen LogP contribution < -0.4 is 0 Å². The fraction of sp³-hybridized carbons (Fsp3) is 0.333. The highest BCUT2D eigenvalue weighted by molar-refractivity contribution is 6.36. The molecule has 0 spiro atoms. The molecule has 0 fully saturated rings. The van der Waals surface area contributed by atoms with Crippen molar-refractivity contribution in [3.63, 3.8) is 0 Å². The van der Waals surface area contributed by atoms with E-state index in [1.54, 1.807) is 18.2 Å². The van der Waals surface area contributed by atoms with Gasteiger partial charge in [-0.3, -0.25) is 9.89 Å². The summed E-state index contributed by atoms with van der Waals surface area (Å²) in [5.74, 6) is 0.117. The molecule has 0 bridgehead atoms. The number of H-pyrrole nitrogens is 1. The van der Waals surface area contributed by atoms with Crippen LogP contribution in [0.1, 0.15) is 36.3 Å². The molecule has 0 atom stereocenters. The molecule has 0 radical (unpaired) electrons. The molecule has 104 valence electrons. The molecule has 0 aliphatic heterocycles. The van der Waals surface area contributed by atoms with Gasteiger partial charge >= 0.3 is 0 Å². The molecule has 0 amide bonds. The second kappa shape index (κ2) is 4.61. The van der Waals surface area contributed by atoms with Crippen LogP contribution in [-0.2, 0) is 6.42 Å². The van der Waals surface area contributed by atoms with Gasteiger partial charge in [0.2, 0.25) is 0 Å². The van der Waals surface area contributed by atoms with E-state index in [2.05, 4.69) is 24.0 Å². The summed E-state index contributed by atoms with van der Waals surface area (Å²) in [6.45, 7) is 4.17. The van der Waals surface area contributed by atoms with E-state index in [0.29, 0.717) is 27.7 Å². The molecule has 1 N–H and O–H groups in total. The first kappa shape index (κ1) is 13.7. The van der Waals surface area contributed by atoms with Gasteiger partial charge in [0.15, 0.2) is 5.78 Å². The largest absolute Gasteiger partial charge is 0.294 e. The molecule has 1 aliphatic rings. The summed E-state index contributed by atoms with van der Waals surface area (Å²) in [7, 11) is 0. The van der Waals surface area contributed by atoms with Crippen molar-refractivity contribution in [2.24, 2.45) is 5.41 Å². The number of carbonyl (C=O) groups excluding carboxylic acids is 1. The van der Waals surface area contributed by atoms with Crippen molar-refractivity contribution in [1.29, 1.82) is 0 Å². The molecule has 1 aromatic heterocycles. The molecule has 1 aromatic carbocycles. The Hall–Kier alpha value is -1.32. The Balaban J connectivity index is 2.14. The van der Waals surface area contributed by atoms with Gasteiger partial charge in [-0.15, -0.1) is 0 Å². The number of ketones is 1. The number of halogens is 2. The first-order valence-electron chi connectivity index (χ1n) is 6.43. The van der Waals surface area contributed by atoms with Crippen molar-refractivity contribution in [1.82, 2.24) is 10.2 Å². The summed E-state index contributed by atoms with van der Waals surface area (Å²) in [6.07, 6.45) is 1.34. The number of nitrogens with zero attached hydrogens (tertiary/aromatic N) is 1. The molecule has 3 rings (SSSR count). The van der Waals surface area contributed by atoms with Crippen LogP contribution in [0.5, 0.6) is 0 Å². The number of hydrogen-bond donors (Lipinski definition) is 1. The smallest absolute Gasteiger partial charge is 0.167 e. The van der Waals surface area contributed by atoms with Crippen LogP contribution in [0.25, 0.3) is 11.3 Å². The van der Waals surface area contributed by atoms with E-state index >= 15 is 0 Å². The predicted molar refractivity (Wildman–Crippen MR) is 80.5 cm³/mol. The number of fused-ring (bicyclic) bond motifs is 1. The SMILES string of the molecule is CC1(C)CC(=O)c2c(-c3ccc(Cl)cc3Cl)n[nH]c2C1. The van der Waals surface area contributed by atoms with E-state index in [4.69, 9.17) is 23.2 Å². The topological polar surface area (TPSA) is 45.8 Å². The van der Waals surface area contributed by atoms with Gasteiger partial charge in [-0.2, -0.15) is 5.10 Å². The first-order chi connectivity index (χ1) is 9.37. The van der Waals surface area contributed by atoms with E-state index in [9.17, 15) is 4.79 Å². The normalized spacial score (nSPS) is 17.1. The van der Waals surface area contributed by atoms with Gasteiger partial charge in [-0.05, 0) is 30.0 Å². The molecule has 1 heterocycles. The Morgan fingerprint density at radius 3 is 2.70 bits per heavy atom. The summed E-state index contributed by atoms with van der Waals surface area (Å²) in [5.41, 5.74) is 2.90. The number of Topliss-reactive ketones (excluding diaryl/α,β-unsaturated/α-hetero) is 1. The van der Waals surface area contributed by atoms with Crippen molar-refractivity contribution in [3.8, 4) is 11.3 Å². The molecule has 20 heavy (non-hydrogen) atoms. The lowest BCUT2D eigenvalue weighted by atomic mass is 9.75. The Morgan fingerprint density at radius 1 is 1.25 bits per heavy atom. The van der Waals surface area contributed by atoms with Crippen LogP contribution in [0, 0.1) is 5.41 Å². The number of hydrogen-bond acceptors (Lipinski definition) is 2. The van der Waals surface area contributed by atoms with Gasteiger partial charge in [0, 0.05) is 22.7 Å². The van der Waals surface area contributed by atoms with E-state index in [-0.39, 0.29) is 11.2 Å². The van der Waals surface area contributed by atoms with Crippen molar-refractivity contribution in [3.05, 3.63) is 39.5 Å². The molecule has 3 nitrogen and oxygen atoms in total. The van der Waals surface area contributed by atoms with Crippen LogP contribution >= 0.6 is 23.2 Å². The van der Waals surface area contributed by atoms with Gasteiger partial charge in [0.05, 0.1) is 10.6 Å². The van der Waals surface area contributed by atoms with Crippen molar-refractivity contribution in [2.75, 3.05) is 0 Å². The molecule has 0 saturated carbocycles. The minimum absolute atomic E-state index is 0.0301. The second-order valence-electron chi connectivity index (χ2n) is 5.99. The Labute approximate surface area is 127 Å². The van der Waals surface area contributed by atoms with Crippen molar-refractivity contribution >= 4 is 29.0 Å². The Morgan fingerprint density at radius 2 is 2.00 bits per heavy atom. The van der Waals surface area contributed by atoms with Crippen LogP contribution in [-0.4, -0.2) is 16.0 Å². The van der Waals surface area contributed by atoms with Gasteiger partial charge in [0.25, 0.3) is 0 Å². The number of aromatic nitrogens is 2. The summed E-state index contributed by atoms with van der Waals surface area (Å²) in [5, 5.41) is 8.36. The monoisotopic (exact) mass is 308 g/mol. The third-order valence-electron chi connectivity index (χ3n) is 3.60. The fourth-order valence-corrected chi connectivity index (χ4v) is 3.24. The second-order valence-corrected chi connectivity index (χ2v) is 6.83. The third kappa shape index (κ3) is 2.25. The third-order valence-corrected chi connectivity index (χ3v) is 4.15. The van der Waals surface area contributed by atoms with E-state index in [0.717, 1.165) is 17.7 Å². The lowest BCUT2D eigenvalue weighted by Gasteiger charge is -2.28. The zero-order valence-electron chi connectivity index (χ0n) is 11.3. The van der Waals surface area contributed by atoms with E-state index in [1.165, 1.54) is 0 Å². The minimum Gasteiger partial charge on any atom is -0.294 e. The average molecular weight is 309 g/mol. The highest BCUT2D eigenvalue weighted by Crippen LogP contribution is 2.39. The van der Waals surface area contributed by atoms with Gasteiger partial charge in [0.1, 0.15) is 5.69 Å².